The Balaban J connectivity index is 2.41. The van der Waals surface area contributed by atoms with Gasteiger partial charge >= 0.3 is 0 Å². The van der Waals surface area contributed by atoms with Crippen LogP contribution in [0.25, 0.3) is 0 Å². The molecule has 1 heterocycles. The van der Waals surface area contributed by atoms with E-state index >= 15 is 0 Å². The Morgan fingerprint density at radius 2 is 2.29 bits per heavy atom. The zero-order valence-electron chi connectivity index (χ0n) is 8.16. The summed E-state index contributed by atoms with van der Waals surface area (Å²) in [5, 5.41) is 9.27. The number of aromatic hydroxyl groups is 1. The third kappa shape index (κ3) is 1.35. The molecule has 0 bridgehead atoms. The van der Waals surface area contributed by atoms with Gasteiger partial charge in [0, 0.05) is 18.7 Å². The summed E-state index contributed by atoms with van der Waals surface area (Å²) < 4.78 is 0. The predicted octanol–water partition coefficient (Wildman–Crippen LogP) is 1.41. The monoisotopic (exact) mass is 191 g/mol. The van der Waals surface area contributed by atoms with Crippen molar-refractivity contribution < 1.29 is 9.90 Å². The number of amides is 1. The Kier molecular flexibility index (Phi) is 2.15. The fourth-order valence-electron chi connectivity index (χ4n) is 1.82. The lowest BCUT2D eigenvalue weighted by Gasteiger charge is -2.27. The van der Waals surface area contributed by atoms with Crippen LogP contribution in [0.2, 0.25) is 0 Å². The zero-order chi connectivity index (χ0) is 10.1. The van der Waals surface area contributed by atoms with Crippen LogP contribution >= 0.6 is 0 Å². The van der Waals surface area contributed by atoms with E-state index in [4.69, 9.17) is 0 Å². The summed E-state index contributed by atoms with van der Waals surface area (Å²) in [6, 6.07) is 4.95. The van der Waals surface area contributed by atoms with E-state index in [1.165, 1.54) is 0 Å². The lowest BCUT2D eigenvalue weighted by atomic mass is 9.99. The highest BCUT2D eigenvalue weighted by molar-refractivity contribution is 5.96. The van der Waals surface area contributed by atoms with Crippen LogP contribution < -0.4 is 0 Å². The van der Waals surface area contributed by atoms with E-state index in [1.807, 2.05) is 11.8 Å². The van der Waals surface area contributed by atoms with Gasteiger partial charge in [-0.25, -0.2) is 0 Å². The van der Waals surface area contributed by atoms with Gasteiger partial charge in [-0.15, -0.1) is 0 Å². The lowest BCUT2D eigenvalue weighted by Crippen LogP contribution is -2.37. The van der Waals surface area contributed by atoms with Crippen LogP contribution in [0.5, 0.6) is 5.75 Å². The predicted molar refractivity (Wildman–Crippen MR) is 53.4 cm³/mol. The molecule has 1 N–H and O–H groups in total. The molecule has 3 nitrogen and oxygen atoms in total. The molecule has 74 valence electrons. The standard InChI is InChI=1S/C11H13NO2/c1-2-12-6-5-8-7-9(13)3-4-10(8)11(12)14/h3-4,7,13H,2,5-6H2,1H3. The van der Waals surface area contributed by atoms with Gasteiger partial charge in [-0.2, -0.15) is 0 Å². The molecule has 3 heteroatoms. The highest BCUT2D eigenvalue weighted by atomic mass is 16.3. The third-order valence-corrected chi connectivity index (χ3v) is 2.64. The van der Waals surface area contributed by atoms with E-state index in [0.29, 0.717) is 0 Å². The van der Waals surface area contributed by atoms with Crippen LogP contribution in [0.3, 0.4) is 0 Å². The van der Waals surface area contributed by atoms with Crippen molar-refractivity contribution in [2.45, 2.75) is 13.3 Å². The minimum atomic E-state index is 0.0775. The first-order valence-electron chi connectivity index (χ1n) is 4.83. The molecule has 0 unspecified atom stereocenters. The molecular weight excluding hydrogens is 178 g/mol. The topological polar surface area (TPSA) is 40.5 Å². The van der Waals surface area contributed by atoms with Crippen molar-refractivity contribution in [3.05, 3.63) is 29.3 Å². The van der Waals surface area contributed by atoms with Gasteiger partial charge in [0.25, 0.3) is 5.91 Å². The highest BCUT2D eigenvalue weighted by Gasteiger charge is 2.22. The molecule has 1 aliphatic heterocycles. The molecule has 0 aromatic heterocycles. The summed E-state index contributed by atoms with van der Waals surface area (Å²) in [5.74, 6) is 0.315. The van der Waals surface area contributed by atoms with Gasteiger partial charge in [0.1, 0.15) is 5.75 Å². The van der Waals surface area contributed by atoms with Gasteiger partial charge in [-0.1, -0.05) is 0 Å². The van der Waals surface area contributed by atoms with Crippen LogP contribution in [-0.2, 0) is 6.42 Å². The van der Waals surface area contributed by atoms with Crippen LogP contribution in [0, 0.1) is 0 Å². The van der Waals surface area contributed by atoms with Gasteiger partial charge < -0.3 is 10.0 Å². The van der Waals surface area contributed by atoms with Crippen molar-refractivity contribution in [1.29, 1.82) is 0 Å². The average molecular weight is 191 g/mol. The number of benzene rings is 1. The minimum absolute atomic E-state index is 0.0775. The normalized spacial score (nSPS) is 15.5. The van der Waals surface area contributed by atoms with E-state index in [1.54, 1.807) is 18.2 Å². The molecule has 14 heavy (non-hydrogen) atoms. The first-order chi connectivity index (χ1) is 6.72. The number of carbonyl (C=O) groups excluding carboxylic acids is 1. The SMILES string of the molecule is CCN1CCc2cc(O)ccc2C1=O. The summed E-state index contributed by atoms with van der Waals surface area (Å²) >= 11 is 0. The number of fused-ring (bicyclic) bond motifs is 1. The number of phenolic OH excluding ortho intramolecular Hbond substituents is 1. The summed E-state index contributed by atoms with van der Waals surface area (Å²) in [7, 11) is 0. The van der Waals surface area contributed by atoms with Crippen molar-refractivity contribution >= 4 is 5.91 Å². The number of hydrogen-bond donors (Lipinski definition) is 1. The number of phenols is 1. The number of likely N-dealkylation sites (N-methyl/N-ethyl adjacent to an activating group) is 1. The molecule has 1 aliphatic rings. The number of hydrogen-bond acceptors (Lipinski definition) is 2. The Bertz CT molecular complexity index is 374. The summed E-state index contributed by atoms with van der Waals surface area (Å²) in [5.41, 5.74) is 1.69. The molecule has 0 saturated carbocycles. The molecule has 1 aromatic carbocycles. The summed E-state index contributed by atoms with van der Waals surface area (Å²) in [6.07, 6.45) is 0.837. The molecule has 1 aromatic rings. The maximum absolute atomic E-state index is 11.8. The molecule has 0 radical (unpaired) electrons. The second-order valence-electron chi connectivity index (χ2n) is 3.48. The molecule has 1 amide bonds. The van der Waals surface area contributed by atoms with E-state index < -0.39 is 0 Å². The maximum Gasteiger partial charge on any atom is 0.254 e. The molecule has 0 atom stereocenters. The number of nitrogens with zero attached hydrogens (tertiary/aromatic N) is 1. The van der Waals surface area contributed by atoms with Gasteiger partial charge in [0.2, 0.25) is 0 Å². The van der Waals surface area contributed by atoms with Gasteiger partial charge in [0.15, 0.2) is 0 Å². The van der Waals surface area contributed by atoms with Crippen LogP contribution in [0.15, 0.2) is 18.2 Å². The smallest absolute Gasteiger partial charge is 0.254 e. The highest BCUT2D eigenvalue weighted by Crippen LogP contribution is 2.22. The average Bonchev–Trinajstić information content (AvgIpc) is 2.18. The quantitative estimate of drug-likeness (QED) is 0.729. The summed E-state index contributed by atoms with van der Waals surface area (Å²) in [6.45, 7) is 3.48. The third-order valence-electron chi connectivity index (χ3n) is 2.64. The maximum atomic E-state index is 11.8. The Labute approximate surface area is 83.0 Å². The Morgan fingerprint density at radius 3 is 3.00 bits per heavy atom. The minimum Gasteiger partial charge on any atom is -0.508 e. The van der Waals surface area contributed by atoms with Gasteiger partial charge in [0.05, 0.1) is 0 Å². The van der Waals surface area contributed by atoms with E-state index in [9.17, 15) is 9.90 Å². The van der Waals surface area contributed by atoms with Crippen LogP contribution in [-0.4, -0.2) is 29.0 Å². The van der Waals surface area contributed by atoms with Crippen LogP contribution in [0.1, 0.15) is 22.8 Å². The molecule has 0 fully saturated rings. The van der Waals surface area contributed by atoms with Crippen molar-refractivity contribution in [1.82, 2.24) is 4.90 Å². The van der Waals surface area contributed by atoms with E-state index in [0.717, 1.165) is 30.6 Å². The van der Waals surface area contributed by atoms with Crippen molar-refractivity contribution in [2.75, 3.05) is 13.1 Å². The first-order valence-corrected chi connectivity index (χ1v) is 4.83. The first kappa shape index (κ1) is 9.06. The Morgan fingerprint density at radius 1 is 1.50 bits per heavy atom. The van der Waals surface area contributed by atoms with E-state index in [-0.39, 0.29) is 11.7 Å². The van der Waals surface area contributed by atoms with Crippen molar-refractivity contribution in [2.24, 2.45) is 0 Å². The van der Waals surface area contributed by atoms with Crippen molar-refractivity contribution in [3.63, 3.8) is 0 Å². The van der Waals surface area contributed by atoms with E-state index in [2.05, 4.69) is 0 Å². The zero-order valence-corrected chi connectivity index (χ0v) is 8.16. The fraction of sp³-hybridized carbons (Fsp3) is 0.364. The number of rotatable bonds is 1. The second-order valence-corrected chi connectivity index (χ2v) is 3.48. The molecule has 2 rings (SSSR count). The van der Waals surface area contributed by atoms with Gasteiger partial charge in [-0.3, -0.25) is 4.79 Å². The molecular formula is C11H13NO2. The number of carbonyl (C=O) groups is 1. The lowest BCUT2D eigenvalue weighted by molar-refractivity contribution is 0.0749. The van der Waals surface area contributed by atoms with Gasteiger partial charge in [-0.05, 0) is 37.1 Å². The second kappa shape index (κ2) is 3.33. The Hall–Kier alpha value is -1.51. The largest absolute Gasteiger partial charge is 0.508 e. The fourth-order valence-corrected chi connectivity index (χ4v) is 1.82. The van der Waals surface area contributed by atoms with Crippen molar-refractivity contribution in [3.8, 4) is 5.75 Å². The van der Waals surface area contributed by atoms with Crippen LogP contribution in [0.4, 0.5) is 0 Å². The molecule has 0 aliphatic carbocycles. The summed E-state index contributed by atoms with van der Waals surface area (Å²) in [4.78, 5) is 13.6. The molecule has 0 spiro atoms. The molecule has 0 saturated heterocycles.